The normalized spacial score (nSPS) is 11.5. The molecule has 1 atom stereocenters. The third kappa shape index (κ3) is 5.99. The van der Waals surface area contributed by atoms with Crippen molar-refractivity contribution in [2.75, 3.05) is 5.32 Å². The van der Waals surface area contributed by atoms with Crippen LogP contribution in [0.15, 0.2) is 60.7 Å². The molecule has 0 aliphatic rings. The molecule has 35 heavy (non-hydrogen) atoms. The lowest BCUT2D eigenvalue weighted by atomic mass is 10.0. The fourth-order valence-electron chi connectivity index (χ4n) is 3.48. The second-order valence-corrected chi connectivity index (χ2v) is 8.71. The molecule has 1 heterocycles. The number of nitrogens with one attached hydrogen (secondary N) is 2. The molecule has 0 radical (unpaired) electrons. The lowest BCUT2D eigenvalue weighted by Gasteiger charge is -2.14. The van der Waals surface area contributed by atoms with Gasteiger partial charge < -0.3 is 15.7 Å². The van der Waals surface area contributed by atoms with Gasteiger partial charge in [0.15, 0.2) is 5.13 Å². The number of amides is 1. The monoisotopic (exact) mass is 497 g/mol. The first-order valence-corrected chi connectivity index (χ1v) is 11.4. The Kier molecular flexibility index (Phi) is 8.14. The minimum atomic E-state index is -1.15. The molecule has 0 fully saturated rings. The summed E-state index contributed by atoms with van der Waals surface area (Å²) in [6.07, 6.45) is 0.829. The number of carboxylic acids is 1. The number of hydrogen-bond acceptors (Lipinski definition) is 5. The zero-order chi connectivity index (χ0) is 24.2. The third-order valence-corrected chi connectivity index (χ3v) is 6.15. The molecule has 0 saturated heterocycles. The Hall–Kier alpha value is -3.85. The van der Waals surface area contributed by atoms with Crippen LogP contribution < -0.4 is 10.6 Å². The van der Waals surface area contributed by atoms with Crippen LogP contribution in [0, 0.1) is 11.6 Å². The summed E-state index contributed by atoms with van der Waals surface area (Å²) in [6.45, 7) is 1.80. The van der Waals surface area contributed by atoms with E-state index in [1.54, 1.807) is 31.2 Å². The molecule has 0 spiro atoms. The molecule has 3 N–H and O–H groups in total. The third-order valence-electron chi connectivity index (χ3n) is 5.21. The lowest BCUT2D eigenvalue weighted by molar-refractivity contribution is -0.139. The molecular weight excluding hydrogens is 472 g/mol. The van der Waals surface area contributed by atoms with E-state index in [2.05, 4.69) is 15.6 Å². The van der Waals surface area contributed by atoms with E-state index in [1.807, 2.05) is 12.1 Å². The number of rotatable bonds is 8. The highest BCUT2D eigenvalue weighted by molar-refractivity contribution is 7.22. The standard InChI is InChI=1S/C25H21F2N3O3S.CH4/c1-2-3-21(24(32)33)29-23(31)18-10-6-15(12-19(18)27)14-4-8-17(9-5-14)28-25-30-20-11-7-16(26)13-22(20)34-25;/h4-13,21H,2-3H2,1H3,(H,28,30)(H,29,31)(H,32,33);1H4/t21-;/m0./s1. The number of thiazole rings is 1. The highest BCUT2D eigenvalue weighted by Crippen LogP contribution is 2.30. The highest BCUT2D eigenvalue weighted by Gasteiger charge is 2.21. The number of carbonyl (C=O) groups excluding carboxylic acids is 1. The Bertz CT molecular complexity index is 1360. The van der Waals surface area contributed by atoms with Gasteiger partial charge in [-0.15, -0.1) is 0 Å². The summed E-state index contributed by atoms with van der Waals surface area (Å²) >= 11 is 1.34. The van der Waals surface area contributed by atoms with Gasteiger partial charge in [0.1, 0.15) is 17.7 Å². The minimum Gasteiger partial charge on any atom is -0.480 e. The van der Waals surface area contributed by atoms with Gasteiger partial charge in [-0.1, -0.05) is 50.3 Å². The topological polar surface area (TPSA) is 91.3 Å². The predicted molar refractivity (Wildman–Crippen MR) is 135 cm³/mol. The zero-order valence-corrected chi connectivity index (χ0v) is 19.0. The number of fused-ring (bicyclic) bond motifs is 1. The molecule has 9 heteroatoms. The van der Waals surface area contributed by atoms with E-state index in [0.29, 0.717) is 22.6 Å². The van der Waals surface area contributed by atoms with E-state index >= 15 is 0 Å². The van der Waals surface area contributed by atoms with E-state index in [0.717, 1.165) is 16.0 Å². The maximum Gasteiger partial charge on any atom is 0.326 e. The summed E-state index contributed by atoms with van der Waals surface area (Å²) < 4.78 is 28.8. The second-order valence-electron chi connectivity index (χ2n) is 7.68. The maximum atomic E-state index is 14.7. The highest BCUT2D eigenvalue weighted by atomic mass is 32.1. The maximum absolute atomic E-state index is 14.7. The summed E-state index contributed by atoms with van der Waals surface area (Å²) in [6, 6.07) is 14.8. The largest absolute Gasteiger partial charge is 0.480 e. The average Bonchev–Trinajstić information content (AvgIpc) is 3.20. The van der Waals surface area contributed by atoms with Gasteiger partial charge in [-0.3, -0.25) is 4.79 Å². The molecule has 6 nitrogen and oxygen atoms in total. The molecule has 0 bridgehead atoms. The van der Waals surface area contributed by atoms with Crippen LogP contribution in [0.4, 0.5) is 19.6 Å². The molecule has 3 aromatic carbocycles. The van der Waals surface area contributed by atoms with Gasteiger partial charge in [0, 0.05) is 5.69 Å². The SMILES string of the molecule is C.CCC[C@H](NC(=O)c1ccc(-c2ccc(Nc3nc4ccc(F)cc4s3)cc2)cc1F)C(=O)O. The van der Waals surface area contributed by atoms with Crippen LogP contribution in [0.3, 0.4) is 0 Å². The van der Waals surface area contributed by atoms with Gasteiger partial charge in [-0.25, -0.2) is 18.6 Å². The van der Waals surface area contributed by atoms with Crippen molar-refractivity contribution in [1.82, 2.24) is 10.3 Å². The number of aromatic nitrogens is 1. The number of anilines is 2. The Morgan fingerprint density at radius 2 is 1.74 bits per heavy atom. The Morgan fingerprint density at radius 1 is 1.03 bits per heavy atom. The summed E-state index contributed by atoms with van der Waals surface area (Å²) in [5.74, 6) is -2.97. The molecule has 0 unspecified atom stereocenters. The molecule has 0 aliphatic heterocycles. The molecule has 0 aliphatic carbocycles. The smallest absolute Gasteiger partial charge is 0.326 e. The fourth-order valence-corrected chi connectivity index (χ4v) is 4.39. The molecule has 4 rings (SSSR count). The lowest BCUT2D eigenvalue weighted by Crippen LogP contribution is -2.40. The number of nitrogens with zero attached hydrogens (tertiary/aromatic N) is 1. The van der Waals surface area contributed by atoms with Gasteiger partial charge in [0.05, 0.1) is 15.8 Å². The Balaban J connectivity index is 0.00000342. The van der Waals surface area contributed by atoms with Crippen molar-refractivity contribution >= 4 is 44.2 Å². The first-order chi connectivity index (χ1) is 16.3. The van der Waals surface area contributed by atoms with E-state index in [4.69, 9.17) is 0 Å². The van der Waals surface area contributed by atoms with E-state index in [1.165, 1.54) is 35.6 Å². The number of carbonyl (C=O) groups is 2. The number of halogens is 2. The van der Waals surface area contributed by atoms with Crippen LogP contribution in [0.1, 0.15) is 37.6 Å². The van der Waals surface area contributed by atoms with E-state index < -0.39 is 23.7 Å². The van der Waals surface area contributed by atoms with Crippen LogP contribution in [-0.2, 0) is 4.79 Å². The first-order valence-electron chi connectivity index (χ1n) is 10.6. The van der Waals surface area contributed by atoms with Gasteiger partial charge in [0.2, 0.25) is 0 Å². The summed E-state index contributed by atoms with van der Waals surface area (Å²) in [5, 5.41) is 15.4. The van der Waals surface area contributed by atoms with E-state index in [-0.39, 0.29) is 25.2 Å². The number of carboxylic acid groups (broad SMARTS) is 1. The van der Waals surface area contributed by atoms with Crippen molar-refractivity contribution in [2.45, 2.75) is 33.2 Å². The second kappa shape index (κ2) is 11.1. The molecule has 0 saturated carbocycles. The van der Waals surface area contributed by atoms with Crippen molar-refractivity contribution in [3.8, 4) is 11.1 Å². The number of hydrogen-bond donors (Lipinski definition) is 3. The van der Waals surface area contributed by atoms with Crippen molar-refractivity contribution in [3.63, 3.8) is 0 Å². The number of benzene rings is 3. The van der Waals surface area contributed by atoms with Crippen molar-refractivity contribution in [2.24, 2.45) is 0 Å². The van der Waals surface area contributed by atoms with E-state index in [9.17, 15) is 23.5 Å². The first kappa shape index (κ1) is 25.8. The molecule has 1 amide bonds. The molecular formula is C26H25F2N3O3S. The quantitative estimate of drug-likeness (QED) is 0.255. The van der Waals surface area contributed by atoms with Gasteiger partial charge in [-0.05, 0) is 60.0 Å². The summed E-state index contributed by atoms with van der Waals surface area (Å²) in [4.78, 5) is 28.0. The average molecular weight is 498 g/mol. The Morgan fingerprint density at radius 3 is 2.40 bits per heavy atom. The van der Waals surface area contributed by atoms with Gasteiger partial charge >= 0.3 is 5.97 Å². The molecule has 4 aromatic rings. The van der Waals surface area contributed by atoms with Gasteiger partial charge in [-0.2, -0.15) is 0 Å². The van der Waals surface area contributed by atoms with Crippen molar-refractivity contribution < 1.29 is 23.5 Å². The fraction of sp³-hybridized carbons (Fsp3) is 0.192. The van der Waals surface area contributed by atoms with Crippen LogP contribution in [0.25, 0.3) is 21.3 Å². The van der Waals surface area contributed by atoms with Crippen LogP contribution in [-0.4, -0.2) is 28.0 Å². The predicted octanol–water partition coefficient (Wildman–Crippen LogP) is 6.60. The summed E-state index contributed by atoms with van der Waals surface area (Å²) in [7, 11) is 0. The molecule has 1 aromatic heterocycles. The zero-order valence-electron chi connectivity index (χ0n) is 18.1. The van der Waals surface area contributed by atoms with Gasteiger partial charge in [0.25, 0.3) is 5.91 Å². The van der Waals surface area contributed by atoms with Crippen molar-refractivity contribution in [1.29, 1.82) is 0 Å². The number of aliphatic carboxylic acids is 1. The Labute approximate surface area is 205 Å². The summed E-state index contributed by atoms with van der Waals surface area (Å²) in [5.41, 5.74) is 2.55. The minimum absolute atomic E-state index is 0. The van der Waals surface area contributed by atoms with Crippen LogP contribution in [0.2, 0.25) is 0 Å². The van der Waals surface area contributed by atoms with Crippen molar-refractivity contribution in [3.05, 3.63) is 77.9 Å². The molecule has 182 valence electrons. The van der Waals surface area contributed by atoms with Crippen LogP contribution >= 0.6 is 11.3 Å². The van der Waals surface area contributed by atoms with Crippen LogP contribution in [0.5, 0.6) is 0 Å².